The lowest BCUT2D eigenvalue weighted by atomic mass is 10.1. The molecule has 1 heterocycles. The quantitative estimate of drug-likeness (QED) is 0.812. The number of carboxylic acids is 1. The summed E-state index contributed by atoms with van der Waals surface area (Å²) >= 11 is 4.26. The molecule has 0 atom stereocenters. The molecular weight excluding hydrogens is 316 g/mol. The number of aromatic carboxylic acids is 1. The predicted octanol–water partition coefficient (Wildman–Crippen LogP) is 2.73. The zero-order valence-electron chi connectivity index (χ0n) is 13.6. The molecule has 0 aromatic heterocycles. The van der Waals surface area contributed by atoms with E-state index in [1.165, 1.54) is 6.07 Å². The lowest BCUT2D eigenvalue weighted by Gasteiger charge is -2.36. The molecule has 1 fully saturated rings. The molecule has 0 spiro atoms. The molecular formula is C16H22N2O4S. The molecule has 23 heavy (non-hydrogen) atoms. The lowest BCUT2D eigenvalue weighted by molar-refractivity contribution is 0.0240. The molecule has 1 aliphatic heterocycles. The number of hydrogen-bond acceptors (Lipinski definition) is 5. The molecule has 1 amide bonds. The summed E-state index contributed by atoms with van der Waals surface area (Å²) in [5.74, 6) is -0.977. The fourth-order valence-electron chi connectivity index (χ4n) is 2.37. The Labute approximate surface area is 141 Å². The molecule has 1 N–H and O–H groups in total. The average Bonchev–Trinajstić information content (AvgIpc) is 2.45. The van der Waals surface area contributed by atoms with Crippen LogP contribution in [-0.4, -0.2) is 53.8 Å². The predicted molar refractivity (Wildman–Crippen MR) is 90.7 cm³/mol. The van der Waals surface area contributed by atoms with Gasteiger partial charge in [0, 0.05) is 36.8 Å². The van der Waals surface area contributed by atoms with Crippen molar-refractivity contribution >= 4 is 30.4 Å². The maximum atomic E-state index is 12.0. The van der Waals surface area contributed by atoms with Crippen LogP contribution in [-0.2, 0) is 4.74 Å². The van der Waals surface area contributed by atoms with Crippen LogP contribution in [0.15, 0.2) is 23.1 Å². The van der Waals surface area contributed by atoms with Crippen LogP contribution < -0.4 is 4.90 Å². The van der Waals surface area contributed by atoms with Gasteiger partial charge in [-0.15, -0.1) is 12.6 Å². The SMILES string of the molecule is CC(C)(C)OC(=O)N1CCN(c2cc(S)cc(C(=O)O)c2)CC1. The number of amides is 1. The summed E-state index contributed by atoms with van der Waals surface area (Å²) < 4.78 is 5.37. The van der Waals surface area contributed by atoms with Gasteiger partial charge in [0.05, 0.1) is 5.56 Å². The summed E-state index contributed by atoms with van der Waals surface area (Å²) in [6.07, 6.45) is -0.314. The molecule has 1 aromatic carbocycles. The van der Waals surface area contributed by atoms with E-state index in [-0.39, 0.29) is 11.7 Å². The smallest absolute Gasteiger partial charge is 0.410 e. The van der Waals surface area contributed by atoms with Crippen molar-refractivity contribution in [1.29, 1.82) is 0 Å². The van der Waals surface area contributed by atoms with Crippen molar-refractivity contribution in [2.24, 2.45) is 0 Å². The Kier molecular flexibility index (Phi) is 5.09. The molecule has 1 aromatic rings. The van der Waals surface area contributed by atoms with Crippen molar-refractivity contribution in [3.05, 3.63) is 23.8 Å². The summed E-state index contributed by atoms with van der Waals surface area (Å²) in [7, 11) is 0. The lowest BCUT2D eigenvalue weighted by Crippen LogP contribution is -2.50. The van der Waals surface area contributed by atoms with E-state index in [0.717, 1.165) is 5.69 Å². The number of ether oxygens (including phenoxy) is 1. The van der Waals surface area contributed by atoms with Gasteiger partial charge in [-0.2, -0.15) is 0 Å². The van der Waals surface area contributed by atoms with E-state index in [1.54, 1.807) is 11.0 Å². The fraction of sp³-hybridized carbons (Fsp3) is 0.500. The molecule has 7 heteroatoms. The van der Waals surface area contributed by atoms with Crippen molar-refractivity contribution in [3.8, 4) is 0 Å². The van der Waals surface area contributed by atoms with Gasteiger partial charge in [-0.05, 0) is 39.0 Å². The Hall–Kier alpha value is -1.89. The van der Waals surface area contributed by atoms with Gasteiger partial charge < -0.3 is 19.6 Å². The molecule has 0 bridgehead atoms. The van der Waals surface area contributed by atoms with Crippen molar-refractivity contribution in [1.82, 2.24) is 4.90 Å². The molecule has 1 saturated heterocycles. The Balaban J connectivity index is 2.02. The van der Waals surface area contributed by atoms with Gasteiger partial charge in [0.15, 0.2) is 0 Å². The van der Waals surface area contributed by atoms with Crippen LogP contribution in [0.5, 0.6) is 0 Å². The monoisotopic (exact) mass is 338 g/mol. The summed E-state index contributed by atoms with van der Waals surface area (Å²) in [4.78, 5) is 27.5. The number of thiol groups is 1. The van der Waals surface area contributed by atoms with Crippen LogP contribution in [0.1, 0.15) is 31.1 Å². The minimum Gasteiger partial charge on any atom is -0.478 e. The van der Waals surface area contributed by atoms with E-state index in [1.807, 2.05) is 31.7 Å². The van der Waals surface area contributed by atoms with Crippen molar-refractivity contribution in [3.63, 3.8) is 0 Å². The van der Waals surface area contributed by atoms with Gasteiger partial charge in [-0.3, -0.25) is 0 Å². The number of carbonyl (C=O) groups excluding carboxylic acids is 1. The zero-order chi connectivity index (χ0) is 17.2. The molecule has 1 aliphatic rings. The van der Waals surface area contributed by atoms with Crippen LogP contribution in [0, 0.1) is 0 Å². The maximum absolute atomic E-state index is 12.0. The first-order valence-electron chi connectivity index (χ1n) is 7.46. The topological polar surface area (TPSA) is 70.1 Å². The highest BCUT2D eigenvalue weighted by Crippen LogP contribution is 2.23. The molecule has 2 rings (SSSR count). The molecule has 0 unspecified atom stereocenters. The molecule has 0 radical (unpaired) electrons. The third-order valence-corrected chi connectivity index (χ3v) is 3.70. The van der Waals surface area contributed by atoms with Gasteiger partial charge in [0.25, 0.3) is 0 Å². The van der Waals surface area contributed by atoms with E-state index in [2.05, 4.69) is 12.6 Å². The standard InChI is InChI=1S/C16H22N2O4S/c1-16(2,3)22-15(21)18-6-4-17(5-7-18)12-8-11(14(19)20)9-13(23)10-12/h8-10,23H,4-7H2,1-3H3,(H,19,20). The third kappa shape index (κ3) is 4.79. The van der Waals surface area contributed by atoms with Crippen LogP contribution in [0.3, 0.4) is 0 Å². The minimum atomic E-state index is -0.977. The summed E-state index contributed by atoms with van der Waals surface area (Å²) in [5, 5.41) is 9.13. The molecule has 6 nitrogen and oxygen atoms in total. The van der Waals surface area contributed by atoms with E-state index in [4.69, 9.17) is 9.84 Å². The number of hydrogen-bond donors (Lipinski definition) is 2. The van der Waals surface area contributed by atoms with Gasteiger partial charge in [-0.25, -0.2) is 9.59 Å². The Morgan fingerprint density at radius 2 is 1.74 bits per heavy atom. The Bertz CT molecular complexity index is 605. The first kappa shape index (κ1) is 17.5. The minimum absolute atomic E-state index is 0.210. The normalized spacial score (nSPS) is 15.5. The number of carbonyl (C=O) groups is 2. The van der Waals surface area contributed by atoms with Crippen LogP contribution >= 0.6 is 12.6 Å². The van der Waals surface area contributed by atoms with Crippen LogP contribution in [0.2, 0.25) is 0 Å². The number of carboxylic acid groups (broad SMARTS) is 1. The third-order valence-electron chi connectivity index (χ3n) is 3.45. The summed E-state index contributed by atoms with van der Waals surface area (Å²) in [6, 6.07) is 4.98. The van der Waals surface area contributed by atoms with E-state index < -0.39 is 11.6 Å². The highest BCUT2D eigenvalue weighted by atomic mass is 32.1. The largest absolute Gasteiger partial charge is 0.478 e. The first-order valence-corrected chi connectivity index (χ1v) is 7.91. The van der Waals surface area contributed by atoms with E-state index in [9.17, 15) is 9.59 Å². The molecule has 0 aliphatic carbocycles. The van der Waals surface area contributed by atoms with Crippen LogP contribution in [0.4, 0.5) is 10.5 Å². The number of benzene rings is 1. The van der Waals surface area contributed by atoms with Crippen molar-refractivity contribution in [2.75, 3.05) is 31.1 Å². The zero-order valence-corrected chi connectivity index (χ0v) is 14.5. The Morgan fingerprint density at radius 3 is 2.26 bits per heavy atom. The Morgan fingerprint density at radius 1 is 1.13 bits per heavy atom. The van der Waals surface area contributed by atoms with Crippen molar-refractivity contribution < 1.29 is 19.4 Å². The van der Waals surface area contributed by atoms with E-state index >= 15 is 0 Å². The average molecular weight is 338 g/mol. The fourth-order valence-corrected chi connectivity index (χ4v) is 2.65. The molecule has 0 saturated carbocycles. The molecule has 126 valence electrons. The second-order valence-electron chi connectivity index (χ2n) is 6.50. The van der Waals surface area contributed by atoms with E-state index in [0.29, 0.717) is 31.1 Å². The van der Waals surface area contributed by atoms with Gasteiger partial charge in [0.2, 0.25) is 0 Å². The number of anilines is 1. The summed E-state index contributed by atoms with van der Waals surface area (Å²) in [6.45, 7) is 7.83. The first-order chi connectivity index (χ1) is 10.7. The highest BCUT2D eigenvalue weighted by Gasteiger charge is 2.26. The van der Waals surface area contributed by atoms with Crippen LogP contribution in [0.25, 0.3) is 0 Å². The van der Waals surface area contributed by atoms with Gasteiger partial charge in [-0.1, -0.05) is 0 Å². The number of piperazine rings is 1. The van der Waals surface area contributed by atoms with Gasteiger partial charge >= 0.3 is 12.1 Å². The van der Waals surface area contributed by atoms with Gasteiger partial charge in [0.1, 0.15) is 5.60 Å². The number of nitrogens with zero attached hydrogens (tertiary/aromatic N) is 2. The second kappa shape index (κ2) is 6.70. The summed E-state index contributed by atoms with van der Waals surface area (Å²) in [5.41, 5.74) is 0.506. The van der Waals surface area contributed by atoms with Crippen molar-refractivity contribution in [2.45, 2.75) is 31.3 Å². The maximum Gasteiger partial charge on any atom is 0.410 e. The second-order valence-corrected chi connectivity index (χ2v) is 7.01. The number of rotatable bonds is 2. The highest BCUT2D eigenvalue weighted by molar-refractivity contribution is 7.80.